The SMILES string of the molecule is COc1ccc(S(=O)(=O)NCC(=O)Nc2c(F)cccc2F)cc1OC. The molecule has 2 aromatic rings. The normalized spacial score (nSPS) is 11.1. The third-order valence-corrected chi connectivity index (χ3v) is 4.71. The molecule has 0 spiro atoms. The van der Waals surface area contributed by atoms with Crippen LogP contribution in [0.2, 0.25) is 0 Å². The Balaban J connectivity index is 2.09. The lowest BCUT2D eigenvalue weighted by molar-refractivity contribution is -0.115. The van der Waals surface area contributed by atoms with Gasteiger partial charge in [0, 0.05) is 6.07 Å². The first-order valence-corrected chi connectivity index (χ1v) is 8.72. The van der Waals surface area contributed by atoms with Gasteiger partial charge in [0.15, 0.2) is 11.5 Å². The van der Waals surface area contributed by atoms with Gasteiger partial charge in [-0.1, -0.05) is 6.07 Å². The number of anilines is 1. The van der Waals surface area contributed by atoms with E-state index in [0.717, 1.165) is 18.2 Å². The third kappa shape index (κ3) is 4.46. The molecule has 0 unspecified atom stereocenters. The van der Waals surface area contributed by atoms with Crippen LogP contribution >= 0.6 is 0 Å². The zero-order valence-corrected chi connectivity index (χ0v) is 14.7. The van der Waals surface area contributed by atoms with Crippen molar-refractivity contribution in [3.8, 4) is 11.5 Å². The molecule has 0 saturated heterocycles. The number of carbonyl (C=O) groups is 1. The number of hydrogen-bond acceptors (Lipinski definition) is 5. The predicted molar refractivity (Wildman–Crippen MR) is 89.7 cm³/mol. The molecule has 2 rings (SSSR count). The number of sulfonamides is 1. The molecule has 7 nitrogen and oxygen atoms in total. The Kier molecular flexibility index (Phi) is 6.11. The highest BCUT2D eigenvalue weighted by Crippen LogP contribution is 2.29. The van der Waals surface area contributed by atoms with Gasteiger partial charge >= 0.3 is 0 Å². The van der Waals surface area contributed by atoms with Gasteiger partial charge in [0.2, 0.25) is 15.9 Å². The van der Waals surface area contributed by atoms with Gasteiger partial charge in [0.25, 0.3) is 0 Å². The van der Waals surface area contributed by atoms with Gasteiger partial charge in [-0.25, -0.2) is 21.9 Å². The van der Waals surface area contributed by atoms with Gasteiger partial charge in [-0.3, -0.25) is 4.79 Å². The highest BCUT2D eigenvalue weighted by molar-refractivity contribution is 7.89. The van der Waals surface area contributed by atoms with Crippen LogP contribution in [-0.2, 0) is 14.8 Å². The van der Waals surface area contributed by atoms with Crippen molar-refractivity contribution in [2.24, 2.45) is 0 Å². The van der Waals surface area contributed by atoms with Crippen molar-refractivity contribution < 1.29 is 31.5 Å². The van der Waals surface area contributed by atoms with Crippen LogP contribution in [0.15, 0.2) is 41.3 Å². The van der Waals surface area contributed by atoms with Crippen molar-refractivity contribution in [3.63, 3.8) is 0 Å². The number of para-hydroxylation sites is 1. The first-order chi connectivity index (χ1) is 12.3. The molecular formula is C16H16F2N2O5S. The Morgan fingerprint density at radius 3 is 2.23 bits per heavy atom. The maximum Gasteiger partial charge on any atom is 0.241 e. The Morgan fingerprint density at radius 2 is 1.65 bits per heavy atom. The monoisotopic (exact) mass is 386 g/mol. The summed E-state index contributed by atoms with van der Waals surface area (Å²) in [5, 5.41) is 1.98. The number of amides is 1. The fourth-order valence-corrected chi connectivity index (χ4v) is 3.03. The van der Waals surface area contributed by atoms with Crippen LogP contribution in [0.3, 0.4) is 0 Å². The van der Waals surface area contributed by atoms with Crippen LogP contribution < -0.4 is 19.5 Å². The largest absolute Gasteiger partial charge is 0.493 e. The summed E-state index contributed by atoms with van der Waals surface area (Å²) in [4.78, 5) is 11.6. The number of ether oxygens (including phenoxy) is 2. The fourth-order valence-electron chi connectivity index (χ4n) is 2.03. The zero-order valence-electron chi connectivity index (χ0n) is 13.9. The minimum atomic E-state index is -4.06. The molecule has 0 heterocycles. The van der Waals surface area contributed by atoms with E-state index in [1.807, 2.05) is 10.0 Å². The standard InChI is InChI=1S/C16H16F2N2O5S/c1-24-13-7-6-10(8-14(13)25-2)26(22,23)19-9-15(21)20-16-11(17)4-3-5-12(16)18/h3-8,19H,9H2,1-2H3,(H,20,21). The third-order valence-electron chi connectivity index (χ3n) is 3.32. The first kappa shape index (κ1) is 19.6. The van der Waals surface area contributed by atoms with Crippen molar-refractivity contribution in [2.75, 3.05) is 26.1 Å². The Morgan fingerprint density at radius 1 is 1.04 bits per heavy atom. The molecule has 26 heavy (non-hydrogen) atoms. The van der Waals surface area contributed by atoms with Crippen LogP contribution in [0, 0.1) is 11.6 Å². The Hall–Kier alpha value is -2.72. The number of rotatable bonds is 7. The van der Waals surface area contributed by atoms with Crippen LogP contribution in [0.1, 0.15) is 0 Å². The highest BCUT2D eigenvalue weighted by atomic mass is 32.2. The van der Waals surface area contributed by atoms with E-state index < -0.39 is 39.8 Å². The molecule has 0 aromatic heterocycles. The smallest absolute Gasteiger partial charge is 0.241 e. The van der Waals surface area contributed by atoms with Crippen molar-refractivity contribution in [2.45, 2.75) is 4.90 Å². The molecule has 0 aliphatic rings. The van der Waals surface area contributed by atoms with Gasteiger partial charge in [0.05, 0.1) is 25.7 Å². The second kappa shape index (κ2) is 8.11. The lowest BCUT2D eigenvalue weighted by Gasteiger charge is -2.11. The molecule has 1 amide bonds. The van der Waals surface area contributed by atoms with Crippen LogP contribution in [0.5, 0.6) is 11.5 Å². The molecule has 0 radical (unpaired) electrons. The van der Waals surface area contributed by atoms with E-state index in [1.54, 1.807) is 0 Å². The van der Waals surface area contributed by atoms with Gasteiger partial charge < -0.3 is 14.8 Å². The number of halogens is 2. The molecule has 2 N–H and O–H groups in total. The second-order valence-electron chi connectivity index (χ2n) is 4.99. The van der Waals surface area contributed by atoms with Crippen LogP contribution in [0.4, 0.5) is 14.5 Å². The minimum Gasteiger partial charge on any atom is -0.493 e. The van der Waals surface area contributed by atoms with E-state index in [-0.39, 0.29) is 10.6 Å². The minimum absolute atomic E-state index is 0.167. The molecule has 0 atom stereocenters. The van der Waals surface area contributed by atoms with E-state index in [4.69, 9.17) is 9.47 Å². The van der Waals surface area contributed by atoms with E-state index in [9.17, 15) is 22.0 Å². The summed E-state index contributed by atoms with van der Waals surface area (Å²) < 4.78 is 63.6. The number of benzene rings is 2. The Labute approximate surface area is 149 Å². The van der Waals surface area contributed by atoms with E-state index in [2.05, 4.69) is 0 Å². The predicted octanol–water partition coefficient (Wildman–Crippen LogP) is 1.90. The molecule has 0 fully saturated rings. The highest BCUT2D eigenvalue weighted by Gasteiger charge is 2.19. The number of hydrogen-bond donors (Lipinski definition) is 2. The first-order valence-electron chi connectivity index (χ1n) is 7.24. The van der Waals surface area contributed by atoms with Gasteiger partial charge in [-0.05, 0) is 24.3 Å². The number of nitrogens with one attached hydrogen (secondary N) is 2. The fraction of sp³-hybridized carbons (Fsp3) is 0.188. The molecule has 0 aliphatic carbocycles. The topological polar surface area (TPSA) is 93.7 Å². The summed E-state index contributed by atoms with van der Waals surface area (Å²) >= 11 is 0. The van der Waals surface area contributed by atoms with Crippen molar-refractivity contribution in [3.05, 3.63) is 48.0 Å². The molecule has 10 heteroatoms. The summed E-state index contributed by atoms with van der Waals surface area (Å²) in [6.45, 7) is -0.718. The van der Waals surface area contributed by atoms with Crippen molar-refractivity contribution in [1.82, 2.24) is 4.72 Å². The Bertz CT molecular complexity index is 899. The van der Waals surface area contributed by atoms with Gasteiger partial charge in [-0.15, -0.1) is 0 Å². The summed E-state index contributed by atoms with van der Waals surface area (Å²) in [5.41, 5.74) is -0.650. The molecule has 0 bridgehead atoms. The van der Waals surface area contributed by atoms with Crippen LogP contribution in [0.25, 0.3) is 0 Å². The number of carbonyl (C=O) groups excluding carboxylic acids is 1. The van der Waals surface area contributed by atoms with Crippen molar-refractivity contribution >= 4 is 21.6 Å². The average molecular weight is 386 g/mol. The molecule has 140 valence electrons. The van der Waals surface area contributed by atoms with Crippen molar-refractivity contribution in [1.29, 1.82) is 0 Å². The summed E-state index contributed by atoms with van der Waals surface area (Å²) in [6, 6.07) is 6.94. The number of methoxy groups -OCH3 is 2. The maximum atomic E-state index is 13.5. The lowest BCUT2D eigenvalue weighted by Crippen LogP contribution is -2.33. The maximum absolute atomic E-state index is 13.5. The summed E-state index contributed by atoms with van der Waals surface area (Å²) in [7, 11) is -1.31. The summed E-state index contributed by atoms with van der Waals surface area (Å²) in [5.74, 6) is -2.35. The van der Waals surface area contributed by atoms with E-state index >= 15 is 0 Å². The van der Waals surface area contributed by atoms with Crippen LogP contribution in [-0.4, -0.2) is 35.1 Å². The molecular weight excluding hydrogens is 370 g/mol. The molecule has 2 aromatic carbocycles. The second-order valence-corrected chi connectivity index (χ2v) is 6.75. The molecule has 0 aliphatic heterocycles. The average Bonchev–Trinajstić information content (AvgIpc) is 2.62. The zero-order chi connectivity index (χ0) is 19.3. The van der Waals surface area contributed by atoms with Gasteiger partial charge in [-0.2, -0.15) is 0 Å². The van der Waals surface area contributed by atoms with Gasteiger partial charge in [0.1, 0.15) is 17.3 Å². The summed E-state index contributed by atoms with van der Waals surface area (Å²) in [6.07, 6.45) is 0. The van der Waals surface area contributed by atoms with E-state index in [1.165, 1.54) is 32.4 Å². The van der Waals surface area contributed by atoms with E-state index in [0.29, 0.717) is 5.75 Å². The molecule has 0 saturated carbocycles. The quantitative estimate of drug-likeness (QED) is 0.758. The lowest BCUT2D eigenvalue weighted by atomic mass is 10.3.